The van der Waals surface area contributed by atoms with Crippen LogP contribution in [0.3, 0.4) is 0 Å². The van der Waals surface area contributed by atoms with E-state index in [9.17, 15) is 109 Å². The third kappa shape index (κ3) is 17.8. The average Bonchev–Trinajstić information content (AvgIpc) is 1.58. The van der Waals surface area contributed by atoms with Crippen molar-refractivity contribution in [2.45, 2.75) is 35.5 Å². The van der Waals surface area contributed by atoms with Gasteiger partial charge in [-0.1, -0.05) is 54.6 Å². The third-order valence-electron chi connectivity index (χ3n) is 17.9. The molecule has 0 radical (unpaired) electrons. The number of esters is 8. The molecule has 8 N–H and O–H groups in total. The lowest BCUT2D eigenvalue weighted by Gasteiger charge is -2.38. The summed E-state index contributed by atoms with van der Waals surface area (Å²) in [7, 11) is 0. The van der Waals surface area contributed by atoms with E-state index in [0.717, 1.165) is 36.4 Å². The number of anilines is 4. The van der Waals surface area contributed by atoms with Gasteiger partial charge in [-0.05, 0) is 180 Å². The predicted octanol–water partition coefficient (Wildman–Crippen LogP) is 20.6. The lowest BCUT2D eigenvalue weighted by Crippen LogP contribution is -2.55. The van der Waals surface area contributed by atoms with Crippen LogP contribution >= 0.6 is 0 Å². The largest absolute Gasteiger partial charge is 0.457 e. The number of nitrogens with two attached hydrogens (primary N) is 4. The number of fused-ring (bicyclic) bond motifs is 4. The lowest BCUT2D eigenvalue weighted by atomic mass is 9.71. The lowest BCUT2D eigenvalue weighted by molar-refractivity contribution is -0.290. The van der Waals surface area contributed by atoms with Crippen LogP contribution in [0, 0.1) is 0 Å². The molecule has 4 aliphatic rings. The number of ether oxygens (including phenoxy) is 9. The normalized spacial score (nSPS) is 13.3. The van der Waals surface area contributed by atoms with Gasteiger partial charge in [-0.3, -0.25) is 0 Å². The van der Waals surface area contributed by atoms with Crippen molar-refractivity contribution in [2.24, 2.45) is 0 Å². The standard InChI is InChI=1S/C31H20F10N2O2.C19H6F6O6.C18H16N2O2.C16H6O7/c32-27(33)15-17-13-21(42)5-11-25(17)44-23-7-1-19(2-8-23)29(30(36,37)38,31(39,40)41)20-3-9-24(10-4-20)45-26-12-6-22(43)14-18(26)16-28(34)35;20-18(21,22)17(19(23,24)25,7-1-3-9-11(5-7)15(28)30-13(9)26)8-2-4-10-12(6-8)16(29)31-14(10)27;19-13-4-1-6-15(10-13)21-17-8-3-9-18(12-17)22-16-7-2-5-14(20)11-16;17-13-9-3-1-7(5-11(9)15(19)22-13)21-8-2-4-10-12(6-8)16(20)23-14(10)18/h1-16H,42-43H2;1-6H;1-12H,19-20H2;1-6H. The SMILES string of the molecule is Nc1ccc(Oc2ccc(C(c3ccc(Oc4ccc(N)cc4C=C(F)F)cc3)(C(F)(F)F)C(F)(F)F)cc2)c(C=C(F)F)c1.Nc1cccc(Oc2cccc(Oc3cccc(N)c3)c2)c1.O=C1OC(=O)c2cc(C(c3ccc4c(c3)C(=O)OC4=O)(C(F)(F)F)C(F)(F)F)ccc21.O=C1OC(=O)c2cc(Oc3ccc4c(c3)C(=O)OC4=O)ccc21. The summed E-state index contributed by atoms with van der Waals surface area (Å²) in [5.41, 5.74) is 7.32. The molecule has 4 heterocycles. The number of rotatable bonds is 16. The smallest absolute Gasteiger partial charge is 0.411 e. The van der Waals surface area contributed by atoms with Gasteiger partial charge in [0.05, 0.1) is 44.5 Å². The first-order chi connectivity index (χ1) is 57.0. The van der Waals surface area contributed by atoms with Gasteiger partial charge in [0.25, 0.3) is 12.2 Å². The summed E-state index contributed by atoms with van der Waals surface area (Å²) in [6.07, 6.45) is -27.2. The van der Waals surface area contributed by atoms with Crippen LogP contribution in [0.25, 0.3) is 12.2 Å². The van der Waals surface area contributed by atoms with Crippen LogP contribution in [0.2, 0.25) is 0 Å². The molecule has 11 aromatic rings. The van der Waals surface area contributed by atoms with Gasteiger partial charge in [-0.2, -0.15) is 70.2 Å². The quantitative estimate of drug-likeness (QED) is 0.0229. The second kappa shape index (κ2) is 33.3. The molecule has 21 nitrogen and oxygen atoms in total. The van der Waals surface area contributed by atoms with E-state index in [2.05, 4.69) is 18.9 Å². The van der Waals surface area contributed by atoms with E-state index in [1.54, 1.807) is 12.1 Å². The zero-order valence-electron chi connectivity index (χ0n) is 60.4. The van der Waals surface area contributed by atoms with E-state index < -0.39 is 140 Å². The predicted molar refractivity (Wildman–Crippen MR) is 394 cm³/mol. The monoisotopic (exact) mass is 1690 g/mol. The summed E-state index contributed by atoms with van der Waals surface area (Å²) < 4.78 is 270. The second-order valence-electron chi connectivity index (χ2n) is 25.8. The van der Waals surface area contributed by atoms with Crippen LogP contribution in [0.15, 0.2) is 243 Å². The fourth-order valence-corrected chi connectivity index (χ4v) is 12.6. The molecule has 15 rings (SSSR count). The molecule has 0 amide bonds. The van der Waals surface area contributed by atoms with E-state index in [1.807, 2.05) is 60.7 Å². The molecule has 0 saturated heterocycles. The van der Waals surface area contributed by atoms with Gasteiger partial charge in [-0.25, -0.2) is 38.4 Å². The highest BCUT2D eigenvalue weighted by Gasteiger charge is 2.74. The van der Waals surface area contributed by atoms with Crippen molar-refractivity contribution in [3.63, 3.8) is 0 Å². The Morgan fingerprint density at radius 1 is 0.248 bits per heavy atom. The molecule has 11 aromatic carbocycles. The summed E-state index contributed by atoms with van der Waals surface area (Å²) in [4.78, 5) is 92.3. The van der Waals surface area contributed by atoms with Crippen LogP contribution in [0.5, 0.6) is 57.5 Å². The fourth-order valence-electron chi connectivity index (χ4n) is 12.6. The van der Waals surface area contributed by atoms with E-state index in [-0.39, 0.29) is 91.4 Å². The number of cyclic esters (lactones) is 8. The average molecular weight is 1690 g/mol. The Hall–Kier alpha value is -15.5. The van der Waals surface area contributed by atoms with Crippen molar-refractivity contribution >= 4 is 82.7 Å². The maximum Gasteiger partial charge on any atom is 0.411 e. The van der Waals surface area contributed by atoms with Crippen molar-refractivity contribution in [3.8, 4) is 57.5 Å². The van der Waals surface area contributed by atoms with Crippen molar-refractivity contribution in [3.05, 3.63) is 321 Å². The maximum atomic E-state index is 14.6. The zero-order chi connectivity index (χ0) is 87.6. The Labute approximate surface area is 668 Å². The highest BCUT2D eigenvalue weighted by atomic mass is 19.4. The highest BCUT2D eigenvalue weighted by Crippen LogP contribution is 2.59. The van der Waals surface area contributed by atoms with Gasteiger partial charge in [0.15, 0.2) is 0 Å². The first-order valence-corrected chi connectivity index (χ1v) is 34.2. The number of hydrogen-bond donors (Lipinski definition) is 4. The van der Waals surface area contributed by atoms with Gasteiger partial charge in [0, 0.05) is 64.2 Å². The number of benzene rings is 11. The molecule has 0 aliphatic carbocycles. The van der Waals surface area contributed by atoms with Gasteiger partial charge in [0.2, 0.25) is 10.8 Å². The maximum absolute atomic E-state index is 14.6. The van der Waals surface area contributed by atoms with Gasteiger partial charge in [0.1, 0.15) is 57.5 Å². The first-order valence-electron chi connectivity index (χ1n) is 34.2. The number of alkyl halides is 12. The molecular formula is C84H48F16N4O17. The Morgan fingerprint density at radius 3 is 0.802 bits per heavy atom. The molecular weight excluding hydrogens is 1640 g/mol. The molecule has 0 atom stereocenters. The summed E-state index contributed by atoms with van der Waals surface area (Å²) in [6, 6.07) is 45.9. The van der Waals surface area contributed by atoms with Gasteiger partial charge in [-0.15, -0.1) is 0 Å². The van der Waals surface area contributed by atoms with Crippen molar-refractivity contribution in [2.75, 3.05) is 22.9 Å². The van der Waals surface area contributed by atoms with Crippen molar-refractivity contribution in [1.29, 1.82) is 0 Å². The minimum atomic E-state index is -6.02. The number of carbonyl (C=O) groups is 8. The highest BCUT2D eigenvalue weighted by molar-refractivity contribution is 6.17. The van der Waals surface area contributed by atoms with E-state index in [4.69, 9.17) is 46.6 Å². The second-order valence-corrected chi connectivity index (χ2v) is 25.8. The molecule has 0 unspecified atom stereocenters. The van der Waals surface area contributed by atoms with Crippen LogP contribution in [-0.4, -0.2) is 72.5 Å². The minimum absolute atomic E-state index is 0.0983. The Kier molecular flexibility index (Phi) is 23.3. The summed E-state index contributed by atoms with van der Waals surface area (Å²) in [6.45, 7) is 0. The van der Waals surface area contributed by atoms with Crippen molar-refractivity contribution < 1.29 is 151 Å². The van der Waals surface area contributed by atoms with Gasteiger partial charge < -0.3 is 65.6 Å². The fraction of sp³-hybridized carbons (Fsp3) is 0.0714. The molecule has 4 aliphatic heterocycles. The zero-order valence-corrected chi connectivity index (χ0v) is 60.4. The van der Waals surface area contributed by atoms with Crippen LogP contribution in [-0.2, 0) is 29.8 Å². The van der Waals surface area contributed by atoms with Crippen LogP contribution in [0.4, 0.5) is 93.0 Å². The van der Waals surface area contributed by atoms with E-state index in [0.29, 0.717) is 95.1 Å². The van der Waals surface area contributed by atoms with Crippen LogP contribution < -0.4 is 46.6 Å². The number of carbonyl (C=O) groups excluding carboxylic acids is 8. The molecule has 0 spiro atoms. The first kappa shape index (κ1) is 84.9. The Balaban J connectivity index is 0.000000154. The Bertz CT molecular complexity index is 5720. The minimum Gasteiger partial charge on any atom is -0.457 e. The topological polar surface area (TPSA) is 324 Å². The molecule has 0 saturated carbocycles. The van der Waals surface area contributed by atoms with E-state index >= 15 is 0 Å². The molecule has 0 bridgehead atoms. The number of hydrogen-bond acceptors (Lipinski definition) is 21. The summed E-state index contributed by atoms with van der Waals surface area (Å²) in [5.74, 6) is -5.70. The number of nitrogen functional groups attached to an aromatic ring is 4. The van der Waals surface area contributed by atoms with E-state index in [1.165, 1.54) is 60.7 Å². The molecule has 37 heteroatoms. The summed E-state index contributed by atoms with van der Waals surface area (Å²) >= 11 is 0. The van der Waals surface area contributed by atoms with Crippen molar-refractivity contribution in [1.82, 2.24) is 0 Å². The van der Waals surface area contributed by atoms with Crippen LogP contribution in [0.1, 0.15) is 116 Å². The third-order valence-corrected chi connectivity index (χ3v) is 17.9. The molecule has 121 heavy (non-hydrogen) atoms. The Morgan fingerprint density at radius 2 is 0.496 bits per heavy atom. The van der Waals surface area contributed by atoms with Gasteiger partial charge >= 0.3 is 72.5 Å². The number of halogens is 16. The molecule has 0 aromatic heterocycles. The molecule has 618 valence electrons. The molecule has 0 fully saturated rings. The summed E-state index contributed by atoms with van der Waals surface area (Å²) in [5, 5.41) is 0.